The Balaban J connectivity index is 1.42. The van der Waals surface area contributed by atoms with Crippen molar-refractivity contribution in [2.75, 3.05) is 6.61 Å². The quantitative estimate of drug-likeness (QED) is 0.404. The van der Waals surface area contributed by atoms with Crippen LogP contribution in [0.15, 0.2) is 60.7 Å². The van der Waals surface area contributed by atoms with E-state index < -0.39 is 24.5 Å². The number of fused-ring (bicyclic) bond motifs is 1. The van der Waals surface area contributed by atoms with Crippen molar-refractivity contribution in [2.24, 2.45) is 5.92 Å². The number of ether oxygens (including phenoxy) is 3. The molecule has 1 aliphatic heterocycles. The molecule has 0 aromatic heterocycles. The van der Waals surface area contributed by atoms with Gasteiger partial charge in [0.05, 0.1) is 12.6 Å². The first-order chi connectivity index (χ1) is 19.0. The molecule has 2 aromatic carbocycles. The molecule has 4 rings (SSSR count). The number of carbonyl (C=O) groups is 3. The van der Waals surface area contributed by atoms with E-state index in [-0.39, 0.29) is 37.0 Å². The maximum absolute atomic E-state index is 13.8. The Morgan fingerprint density at radius 1 is 0.949 bits per heavy atom. The standard InChI is InChI=1S/C31H40N2O6/c1-3-37-30(35)26(19-18-23-12-6-4-7-13-23)32-22(2)29(34)33-27-17-11-10-16-25(27)20-28(33)39-31(36)38-21-24-14-8-5-9-15-24/h4-9,12-15,22,25-28,32H,3,10-11,16-21H2,1-2H3/t22-,25-,26-,27-,28-/m0/s1. The first-order valence-electron chi connectivity index (χ1n) is 14.1. The van der Waals surface area contributed by atoms with Crippen molar-refractivity contribution in [3.8, 4) is 0 Å². The zero-order valence-corrected chi connectivity index (χ0v) is 22.9. The number of hydrogen-bond donors (Lipinski definition) is 1. The Morgan fingerprint density at radius 2 is 1.62 bits per heavy atom. The Morgan fingerprint density at radius 3 is 2.31 bits per heavy atom. The summed E-state index contributed by atoms with van der Waals surface area (Å²) in [5.74, 6) is -0.276. The number of likely N-dealkylation sites (tertiary alicyclic amines) is 1. The summed E-state index contributed by atoms with van der Waals surface area (Å²) in [6.45, 7) is 3.90. The Kier molecular flexibility index (Phi) is 10.4. The lowest BCUT2D eigenvalue weighted by Gasteiger charge is -2.35. The van der Waals surface area contributed by atoms with Crippen LogP contribution in [-0.2, 0) is 36.8 Å². The van der Waals surface area contributed by atoms with E-state index in [4.69, 9.17) is 14.2 Å². The van der Waals surface area contributed by atoms with Gasteiger partial charge in [-0.1, -0.05) is 73.5 Å². The normalized spacial score (nSPS) is 21.9. The molecule has 1 heterocycles. The van der Waals surface area contributed by atoms with Gasteiger partial charge in [-0.05, 0) is 56.6 Å². The third kappa shape index (κ3) is 7.82. The molecule has 39 heavy (non-hydrogen) atoms. The summed E-state index contributed by atoms with van der Waals surface area (Å²) >= 11 is 0. The Labute approximate surface area is 231 Å². The van der Waals surface area contributed by atoms with E-state index >= 15 is 0 Å². The van der Waals surface area contributed by atoms with Crippen molar-refractivity contribution < 1.29 is 28.6 Å². The van der Waals surface area contributed by atoms with Crippen LogP contribution in [0.2, 0.25) is 0 Å². The van der Waals surface area contributed by atoms with E-state index in [0.717, 1.165) is 36.8 Å². The van der Waals surface area contributed by atoms with Crippen molar-refractivity contribution in [1.29, 1.82) is 0 Å². The number of aryl methyl sites for hydroxylation is 1. The molecule has 210 valence electrons. The van der Waals surface area contributed by atoms with Crippen molar-refractivity contribution in [2.45, 2.75) is 89.8 Å². The van der Waals surface area contributed by atoms with Gasteiger partial charge in [-0.2, -0.15) is 0 Å². The first kappa shape index (κ1) is 28.6. The van der Waals surface area contributed by atoms with Gasteiger partial charge in [-0.25, -0.2) is 4.79 Å². The van der Waals surface area contributed by atoms with Crippen molar-refractivity contribution in [1.82, 2.24) is 10.2 Å². The molecule has 5 atom stereocenters. The second-order valence-electron chi connectivity index (χ2n) is 10.4. The molecule has 1 N–H and O–H groups in total. The fourth-order valence-corrected chi connectivity index (χ4v) is 5.75. The van der Waals surface area contributed by atoms with Crippen LogP contribution in [-0.4, -0.2) is 53.9 Å². The molecule has 2 aliphatic rings. The Bertz CT molecular complexity index is 1080. The zero-order valence-electron chi connectivity index (χ0n) is 22.9. The van der Waals surface area contributed by atoms with E-state index in [1.165, 1.54) is 0 Å². The summed E-state index contributed by atoms with van der Waals surface area (Å²) in [5.41, 5.74) is 1.97. The topological polar surface area (TPSA) is 94.2 Å². The zero-order chi connectivity index (χ0) is 27.6. The van der Waals surface area contributed by atoms with Gasteiger partial charge in [0.15, 0.2) is 6.23 Å². The van der Waals surface area contributed by atoms with Gasteiger partial charge in [0, 0.05) is 12.5 Å². The van der Waals surface area contributed by atoms with Gasteiger partial charge >= 0.3 is 12.1 Å². The van der Waals surface area contributed by atoms with Gasteiger partial charge in [-0.3, -0.25) is 14.9 Å². The minimum atomic E-state index is -0.784. The SMILES string of the molecule is CCOC(=O)[C@H](CCc1ccccc1)N[C@@H](C)C(=O)N1[C@@H](OC(=O)OCc2ccccc2)C[C@@H]2CCCC[C@@H]21. The van der Waals surface area contributed by atoms with Crippen molar-refractivity contribution >= 4 is 18.0 Å². The minimum absolute atomic E-state index is 0.00721. The molecule has 0 spiro atoms. The summed E-state index contributed by atoms with van der Waals surface area (Å²) < 4.78 is 16.4. The molecule has 2 fully saturated rings. The van der Waals surface area contributed by atoms with Crippen LogP contribution in [0.4, 0.5) is 4.79 Å². The molecule has 1 saturated carbocycles. The molecule has 1 amide bonds. The fraction of sp³-hybridized carbons (Fsp3) is 0.516. The summed E-state index contributed by atoms with van der Waals surface area (Å²) in [6.07, 6.45) is 4.29. The number of amides is 1. The van der Waals surface area contributed by atoms with E-state index in [2.05, 4.69) is 5.32 Å². The van der Waals surface area contributed by atoms with E-state index in [9.17, 15) is 14.4 Å². The highest BCUT2D eigenvalue weighted by Crippen LogP contribution is 2.40. The molecule has 8 heteroatoms. The maximum atomic E-state index is 13.8. The van der Waals surface area contributed by atoms with Crippen LogP contribution < -0.4 is 5.32 Å². The van der Waals surface area contributed by atoms with Crippen LogP contribution >= 0.6 is 0 Å². The van der Waals surface area contributed by atoms with E-state index in [1.807, 2.05) is 60.7 Å². The highest BCUT2D eigenvalue weighted by atomic mass is 16.7. The molecule has 2 aromatic rings. The minimum Gasteiger partial charge on any atom is -0.465 e. The van der Waals surface area contributed by atoms with Crippen LogP contribution in [0.25, 0.3) is 0 Å². The first-order valence-corrected chi connectivity index (χ1v) is 14.1. The maximum Gasteiger partial charge on any atom is 0.510 e. The van der Waals surface area contributed by atoms with Crippen molar-refractivity contribution in [3.63, 3.8) is 0 Å². The fourth-order valence-electron chi connectivity index (χ4n) is 5.75. The molecule has 1 aliphatic carbocycles. The van der Waals surface area contributed by atoms with Gasteiger partial charge in [0.2, 0.25) is 5.91 Å². The van der Waals surface area contributed by atoms with E-state index in [0.29, 0.717) is 19.3 Å². The van der Waals surface area contributed by atoms with Crippen LogP contribution in [0, 0.1) is 5.92 Å². The third-order valence-electron chi connectivity index (χ3n) is 7.68. The number of hydrogen-bond acceptors (Lipinski definition) is 7. The number of carbonyl (C=O) groups excluding carboxylic acids is 3. The second-order valence-corrected chi connectivity index (χ2v) is 10.4. The lowest BCUT2D eigenvalue weighted by molar-refractivity contribution is -0.148. The average Bonchev–Trinajstić information content (AvgIpc) is 3.32. The lowest BCUT2D eigenvalue weighted by atomic mass is 9.85. The molecular formula is C31H40N2O6. The number of nitrogens with one attached hydrogen (secondary N) is 1. The van der Waals surface area contributed by atoms with Crippen molar-refractivity contribution in [3.05, 3.63) is 71.8 Å². The second kappa shape index (κ2) is 14.1. The van der Waals surface area contributed by atoms with Gasteiger partial charge in [-0.15, -0.1) is 0 Å². The number of benzene rings is 2. The summed E-state index contributed by atoms with van der Waals surface area (Å²) in [5, 5.41) is 3.23. The number of esters is 1. The van der Waals surface area contributed by atoms with E-state index in [1.54, 1.807) is 18.7 Å². The number of nitrogens with zero attached hydrogens (tertiary/aromatic N) is 1. The predicted octanol–water partition coefficient (Wildman–Crippen LogP) is 5.00. The Hall–Kier alpha value is -3.39. The molecule has 0 bridgehead atoms. The van der Waals surface area contributed by atoms with Gasteiger partial charge < -0.3 is 19.1 Å². The predicted molar refractivity (Wildman–Crippen MR) is 146 cm³/mol. The highest BCUT2D eigenvalue weighted by molar-refractivity contribution is 5.84. The molecule has 8 nitrogen and oxygen atoms in total. The van der Waals surface area contributed by atoms with Gasteiger partial charge in [0.25, 0.3) is 0 Å². The summed E-state index contributed by atoms with van der Waals surface area (Å²) in [4.78, 5) is 41.0. The summed E-state index contributed by atoms with van der Waals surface area (Å²) in [6, 6.07) is 18.0. The summed E-state index contributed by atoms with van der Waals surface area (Å²) in [7, 11) is 0. The van der Waals surface area contributed by atoms with Gasteiger partial charge in [0.1, 0.15) is 12.6 Å². The smallest absolute Gasteiger partial charge is 0.465 e. The third-order valence-corrected chi connectivity index (χ3v) is 7.68. The van der Waals surface area contributed by atoms with Crippen LogP contribution in [0.3, 0.4) is 0 Å². The number of rotatable bonds is 11. The monoisotopic (exact) mass is 536 g/mol. The largest absolute Gasteiger partial charge is 0.510 e. The molecular weight excluding hydrogens is 496 g/mol. The lowest BCUT2D eigenvalue weighted by Crippen LogP contribution is -2.55. The highest BCUT2D eigenvalue weighted by Gasteiger charge is 2.47. The van der Waals surface area contributed by atoms with Crippen LogP contribution in [0.1, 0.15) is 63.5 Å². The molecule has 0 radical (unpaired) electrons. The average molecular weight is 537 g/mol. The van der Waals surface area contributed by atoms with Crippen LogP contribution in [0.5, 0.6) is 0 Å². The molecule has 0 unspecified atom stereocenters. The molecule has 1 saturated heterocycles.